The molecule has 0 bridgehead atoms. The van der Waals surface area contributed by atoms with Crippen molar-refractivity contribution >= 4 is 0 Å². The summed E-state index contributed by atoms with van der Waals surface area (Å²) in [5.41, 5.74) is 0.691. The minimum atomic E-state index is 0.691. The minimum Gasteiger partial charge on any atom is -0.306 e. The van der Waals surface area contributed by atoms with Crippen molar-refractivity contribution in [2.45, 2.75) is 25.7 Å². The second kappa shape index (κ2) is 5.10. The standard InChI is InChI=1S/C15H29N3/c1-16-8-4-15(5-9-16)6-10-18(13-15)12-14-3-7-17(2)11-14/h14H,3-13H2,1-2H3. The predicted molar refractivity (Wildman–Crippen MR) is 75.8 cm³/mol. The van der Waals surface area contributed by atoms with Crippen molar-refractivity contribution in [3.05, 3.63) is 0 Å². The zero-order chi connectivity index (χ0) is 12.6. The summed E-state index contributed by atoms with van der Waals surface area (Å²) >= 11 is 0. The molecule has 1 spiro atoms. The number of nitrogens with zero attached hydrogens (tertiary/aromatic N) is 3. The fourth-order valence-electron chi connectivity index (χ4n) is 4.23. The van der Waals surface area contributed by atoms with E-state index in [2.05, 4.69) is 28.8 Å². The lowest BCUT2D eigenvalue weighted by Crippen LogP contribution is -2.40. The topological polar surface area (TPSA) is 9.72 Å². The van der Waals surface area contributed by atoms with Crippen LogP contribution < -0.4 is 0 Å². The number of piperidine rings is 1. The molecule has 1 unspecified atom stereocenters. The Kier molecular flexibility index (Phi) is 3.65. The zero-order valence-corrected chi connectivity index (χ0v) is 12.2. The third-order valence-corrected chi connectivity index (χ3v) is 5.57. The Morgan fingerprint density at radius 1 is 0.944 bits per heavy atom. The van der Waals surface area contributed by atoms with Gasteiger partial charge in [-0.3, -0.25) is 0 Å². The smallest absolute Gasteiger partial charge is 0.00395 e. The van der Waals surface area contributed by atoms with Crippen molar-refractivity contribution in [2.24, 2.45) is 11.3 Å². The van der Waals surface area contributed by atoms with Gasteiger partial charge in [-0.25, -0.2) is 0 Å². The molecule has 0 radical (unpaired) electrons. The molecule has 3 heterocycles. The van der Waals surface area contributed by atoms with Gasteiger partial charge in [0.15, 0.2) is 0 Å². The van der Waals surface area contributed by atoms with Gasteiger partial charge < -0.3 is 14.7 Å². The molecule has 3 fully saturated rings. The third-order valence-electron chi connectivity index (χ3n) is 5.57. The van der Waals surface area contributed by atoms with Crippen molar-refractivity contribution in [1.82, 2.24) is 14.7 Å². The van der Waals surface area contributed by atoms with Gasteiger partial charge in [0.1, 0.15) is 0 Å². The largest absolute Gasteiger partial charge is 0.306 e. The molecule has 0 saturated carbocycles. The average molecular weight is 251 g/mol. The van der Waals surface area contributed by atoms with Crippen LogP contribution in [0.4, 0.5) is 0 Å². The zero-order valence-electron chi connectivity index (χ0n) is 12.2. The second-order valence-electron chi connectivity index (χ2n) is 7.21. The second-order valence-corrected chi connectivity index (χ2v) is 7.21. The molecular formula is C15H29N3. The van der Waals surface area contributed by atoms with Crippen LogP contribution in [-0.2, 0) is 0 Å². The van der Waals surface area contributed by atoms with Crippen molar-refractivity contribution in [2.75, 3.05) is 59.9 Å². The van der Waals surface area contributed by atoms with Crippen molar-refractivity contribution in [1.29, 1.82) is 0 Å². The molecule has 0 amide bonds. The van der Waals surface area contributed by atoms with Crippen LogP contribution in [0.15, 0.2) is 0 Å². The normalized spacial score (nSPS) is 34.7. The van der Waals surface area contributed by atoms with E-state index >= 15 is 0 Å². The Labute approximate surface area is 112 Å². The summed E-state index contributed by atoms with van der Waals surface area (Å²) in [4.78, 5) is 7.76. The lowest BCUT2D eigenvalue weighted by Gasteiger charge is -2.38. The fraction of sp³-hybridized carbons (Fsp3) is 1.00. The van der Waals surface area contributed by atoms with Gasteiger partial charge in [-0.05, 0) is 77.3 Å². The van der Waals surface area contributed by atoms with E-state index in [0.717, 1.165) is 5.92 Å². The highest BCUT2D eigenvalue weighted by Crippen LogP contribution is 2.40. The molecule has 0 N–H and O–H groups in total. The quantitative estimate of drug-likeness (QED) is 0.734. The van der Waals surface area contributed by atoms with Gasteiger partial charge in [-0.2, -0.15) is 0 Å². The predicted octanol–water partition coefficient (Wildman–Crippen LogP) is 1.36. The SMILES string of the molecule is CN1CCC2(CC1)CCN(CC1CCN(C)C1)C2. The first-order chi connectivity index (χ1) is 8.65. The van der Waals surface area contributed by atoms with Crippen LogP contribution in [0.5, 0.6) is 0 Å². The van der Waals surface area contributed by atoms with E-state index < -0.39 is 0 Å². The van der Waals surface area contributed by atoms with Crippen molar-refractivity contribution in [3.8, 4) is 0 Å². The maximum absolute atomic E-state index is 2.77. The Bertz CT molecular complexity index is 283. The molecule has 3 nitrogen and oxygen atoms in total. The van der Waals surface area contributed by atoms with Crippen LogP contribution >= 0.6 is 0 Å². The van der Waals surface area contributed by atoms with Gasteiger partial charge in [0, 0.05) is 19.6 Å². The Morgan fingerprint density at radius 2 is 1.67 bits per heavy atom. The highest BCUT2D eigenvalue weighted by molar-refractivity contribution is 4.94. The van der Waals surface area contributed by atoms with Gasteiger partial charge in [0.05, 0.1) is 0 Å². The van der Waals surface area contributed by atoms with Crippen molar-refractivity contribution < 1.29 is 0 Å². The van der Waals surface area contributed by atoms with Gasteiger partial charge in [-0.1, -0.05) is 0 Å². The number of hydrogen-bond acceptors (Lipinski definition) is 3. The Hall–Kier alpha value is -0.120. The summed E-state index contributed by atoms with van der Waals surface area (Å²) < 4.78 is 0. The molecule has 104 valence electrons. The van der Waals surface area contributed by atoms with Crippen molar-refractivity contribution in [3.63, 3.8) is 0 Å². The summed E-state index contributed by atoms with van der Waals surface area (Å²) in [6.07, 6.45) is 5.75. The first-order valence-corrected chi connectivity index (χ1v) is 7.75. The minimum absolute atomic E-state index is 0.691. The molecule has 0 aromatic carbocycles. The summed E-state index contributed by atoms with van der Waals surface area (Å²) in [6, 6.07) is 0. The van der Waals surface area contributed by atoms with Crippen LogP contribution in [0.1, 0.15) is 25.7 Å². The highest BCUT2D eigenvalue weighted by atomic mass is 15.2. The van der Waals surface area contributed by atoms with Gasteiger partial charge >= 0.3 is 0 Å². The molecule has 3 saturated heterocycles. The van der Waals surface area contributed by atoms with Gasteiger partial charge in [-0.15, -0.1) is 0 Å². The first-order valence-electron chi connectivity index (χ1n) is 7.75. The number of rotatable bonds is 2. The van der Waals surface area contributed by atoms with E-state index in [4.69, 9.17) is 0 Å². The molecular weight excluding hydrogens is 222 g/mol. The Balaban J connectivity index is 1.49. The molecule has 0 aromatic rings. The molecule has 1 atom stereocenters. The molecule has 3 aliphatic rings. The Morgan fingerprint density at radius 3 is 2.33 bits per heavy atom. The molecule has 18 heavy (non-hydrogen) atoms. The summed E-state index contributed by atoms with van der Waals surface area (Å²) in [7, 11) is 4.54. The molecule has 0 aromatic heterocycles. The van der Waals surface area contributed by atoms with Crippen LogP contribution in [0.3, 0.4) is 0 Å². The first kappa shape index (κ1) is 12.9. The maximum Gasteiger partial charge on any atom is 0.00395 e. The number of likely N-dealkylation sites (tertiary alicyclic amines) is 3. The van der Waals surface area contributed by atoms with Crippen LogP contribution in [0, 0.1) is 11.3 Å². The fourth-order valence-corrected chi connectivity index (χ4v) is 4.23. The maximum atomic E-state index is 2.77. The van der Waals surface area contributed by atoms with E-state index in [9.17, 15) is 0 Å². The monoisotopic (exact) mass is 251 g/mol. The summed E-state index contributed by atoms with van der Waals surface area (Å²) in [6.45, 7) is 9.40. The van der Waals surface area contributed by atoms with Crippen LogP contribution in [0.2, 0.25) is 0 Å². The van der Waals surface area contributed by atoms with Gasteiger partial charge in [0.25, 0.3) is 0 Å². The highest BCUT2D eigenvalue weighted by Gasteiger charge is 2.40. The average Bonchev–Trinajstić information content (AvgIpc) is 2.92. The lowest BCUT2D eigenvalue weighted by molar-refractivity contribution is 0.123. The van der Waals surface area contributed by atoms with E-state index in [1.165, 1.54) is 71.5 Å². The molecule has 3 aliphatic heterocycles. The lowest BCUT2D eigenvalue weighted by atomic mass is 9.78. The van der Waals surface area contributed by atoms with Crippen LogP contribution in [-0.4, -0.2) is 74.6 Å². The third kappa shape index (κ3) is 2.73. The summed E-state index contributed by atoms with van der Waals surface area (Å²) in [5, 5.41) is 0. The van der Waals surface area contributed by atoms with E-state index in [1.54, 1.807) is 0 Å². The molecule has 0 aliphatic carbocycles. The van der Waals surface area contributed by atoms with Gasteiger partial charge in [0.2, 0.25) is 0 Å². The van der Waals surface area contributed by atoms with Crippen LogP contribution in [0.25, 0.3) is 0 Å². The van der Waals surface area contributed by atoms with E-state index in [0.29, 0.717) is 5.41 Å². The van der Waals surface area contributed by atoms with E-state index in [1.807, 2.05) is 0 Å². The summed E-state index contributed by atoms with van der Waals surface area (Å²) in [5.74, 6) is 0.941. The molecule has 3 heteroatoms. The number of hydrogen-bond donors (Lipinski definition) is 0. The van der Waals surface area contributed by atoms with E-state index in [-0.39, 0.29) is 0 Å². The molecule has 3 rings (SSSR count).